The summed E-state index contributed by atoms with van der Waals surface area (Å²) in [5.74, 6) is 1.44. The topological polar surface area (TPSA) is 48.1 Å². The highest BCUT2D eigenvalue weighted by Gasteiger charge is 2.19. The summed E-state index contributed by atoms with van der Waals surface area (Å²) in [5, 5.41) is 3.36. The van der Waals surface area contributed by atoms with Crippen molar-refractivity contribution in [2.24, 2.45) is 5.92 Å². The number of anilines is 1. The van der Waals surface area contributed by atoms with E-state index in [1.54, 1.807) is 0 Å². The first-order chi connectivity index (χ1) is 16.4. The molecule has 1 N–H and O–H groups in total. The normalized spacial score (nSPS) is 14.0. The van der Waals surface area contributed by atoms with Gasteiger partial charge < -0.3 is 19.9 Å². The lowest BCUT2D eigenvalue weighted by atomic mass is 10.1. The van der Waals surface area contributed by atoms with E-state index >= 15 is 0 Å². The summed E-state index contributed by atoms with van der Waals surface area (Å²) >= 11 is 0. The van der Waals surface area contributed by atoms with Crippen molar-refractivity contribution in [2.75, 3.05) is 64.4 Å². The van der Waals surface area contributed by atoms with Crippen LogP contribution < -0.4 is 15.0 Å². The van der Waals surface area contributed by atoms with Gasteiger partial charge in [-0.25, -0.2) is 0 Å². The number of ether oxygens (including phenoxy) is 1. The summed E-state index contributed by atoms with van der Waals surface area (Å²) < 4.78 is 5.85. The van der Waals surface area contributed by atoms with E-state index in [1.165, 1.54) is 5.57 Å². The Kier molecular flexibility index (Phi) is 11.9. The monoisotopic (exact) mass is 468 g/mol. The van der Waals surface area contributed by atoms with Crippen molar-refractivity contribution in [3.8, 4) is 5.75 Å². The zero-order valence-corrected chi connectivity index (χ0v) is 21.8. The fourth-order valence-corrected chi connectivity index (χ4v) is 4.09. The zero-order chi connectivity index (χ0) is 24.9. The van der Waals surface area contributed by atoms with E-state index in [9.17, 15) is 4.79 Å². The zero-order valence-electron chi connectivity index (χ0n) is 21.8. The van der Waals surface area contributed by atoms with Gasteiger partial charge in [-0.15, -0.1) is 0 Å². The molecule has 6 heteroatoms. The molecule has 0 fully saturated rings. The summed E-state index contributed by atoms with van der Waals surface area (Å²) in [5.41, 5.74) is 3.45. The molecule has 1 heterocycles. The molecule has 0 aliphatic carbocycles. The van der Waals surface area contributed by atoms with Gasteiger partial charge in [0.25, 0.3) is 0 Å². The van der Waals surface area contributed by atoms with Crippen LogP contribution in [-0.2, 0) is 11.3 Å². The van der Waals surface area contributed by atoms with E-state index in [0.29, 0.717) is 25.6 Å². The van der Waals surface area contributed by atoms with E-state index < -0.39 is 0 Å². The van der Waals surface area contributed by atoms with Gasteiger partial charge >= 0.3 is 0 Å². The lowest BCUT2D eigenvalue weighted by molar-refractivity contribution is -0.131. The van der Waals surface area contributed by atoms with E-state index in [2.05, 4.69) is 79.9 Å². The molecule has 188 valence electrons. The second kappa shape index (κ2) is 14.6. The highest BCUT2D eigenvalue weighted by Crippen LogP contribution is 2.31. The van der Waals surface area contributed by atoms with Crippen LogP contribution in [0.3, 0.4) is 0 Å². The van der Waals surface area contributed by atoms with Gasteiger partial charge in [-0.1, -0.05) is 57.7 Å². The summed E-state index contributed by atoms with van der Waals surface area (Å²) in [7, 11) is 2.08. The Morgan fingerprint density at radius 1 is 1.35 bits per heavy atom. The van der Waals surface area contributed by atoms with E-state index in [4.69, 9.17) is 4.74 Å². The maximum absolute atomic E-state index is 13.1. The minimum absolute atomic E-state index is 0.133. The second-order valence-electron chi connectivity index (χ2n) is 9.26. The molecule has 0 bridgehead atoms. The number of likely N-dealkylation sites (N-methyl/N-ethyl adjacent to an activating group) is 2. The number of hydrogen-bond donors (Lipinski definition) is 1. The molecule has 0 radical (unpaired) electrons. The van der Waals surface area contributed by atoms with Gasteiger partial charge in [0.2, 0.25) is 5.91 Å². The summed E-state index contributed by atoms with van der Waals surface area (Å²) in [6, 6.07) is 6.29. The highest BCUT2D eigenvalue weighted by atomic mass is 16.5. The van der Waals surface area contributed by atoms with Crippen LogP contribution in [0.15, 0.2) is 54.7 Å². The molecule has 1 amide bonds. The minimum atomic E-state index is 0.133. The van der Waals surface area contributed by atoms with E-state index in [0.717, 1.165) is 56.3 Å². The Morgan fingerprint density at radius 3 is 2.82 bits per heavy atom. The Bertz CT molecular complexity index is 847. The SMILES string of the molecule is C=C/C=C(\C=C/C)CN(CC)CCNCC(=O)N(Cc1ccc2c(c1)OCCN2C)CC(C)C. The molecule has 1 aromatic carbocycles. The first-order valence-corrected chi connectivity index (χ1v) is 12.5. The first-order valence-electron chi connectivity index (χ1n) is 12.5. The van der Waals surface area contributed by atoms with Gasteiger partial charge in [0.05, 0.1) is 18.8 Å². The average Bonchev–Trinajstić information content (AvgIpc) is 2.80. The molecule has 0 saturated carbocycles. The van der Waals surface area contributed by atoms with Crippen LogP contribution >= 0.6 is 0 Å². The number of nitrogens with one attached hydrogen (secondary N) is 1. The molecule has 6 nitrogen and oxygen atoms in total. The number of hydrogen-bond acceptors (Lipinski definition) is 5. The van der Waals surface area contributed by atoms with Gasteiger partial charge in [0, 0.05) is 39.8 Å². The molecule has 0 aromatic heterocycles. The van der Waals surface area contributed by atoms with Crippen LogP contribution in [0.25, 0.3) is 0 Å². The van der Waals surface area contributed by atoms with Gasteiger partial charge in [-0.2, -0.15) is 0 Å². The standard InChI is InChI=1S/C28H44N4O2/c1-7-10-24(11-8-2)21-31(9-3)15-14-29-19-28(33)32(20-23(4)5)22-25-12-13-26-27(18-25)34-17-16-30(26)6/h7-8,10-13,18,23,29H,1,9,14-17,19-22H2,2-6H3/b11-8-,24-10+. The summed E-state index contributed by atoms with van der Waals surface area (Å²) in [4.78, 5) is 19.6. The predicted molar refractivity (Wildman–Crippen MR) is 144 cm³/mol. The van der Waals surface area contributed by atoms with E-state index in [1.807, 2.05) is 24.0 Å². The van der Waals surface area contributed by atoms with Crippen LogP contribution in [0.5, 0.6) is 5.75 Å². The van der Waals surface area contributed by atoms with Crippen molar-refractivity contribution >= 4 is 11.6 Å². The van der Waals surface area contributed by atoms with E-state index in [-0.39, 0.29) is 5.91 Å². The number of carbonyl (C=O) groups excluding carboxylic acids is 1. The number of benzene rings is 1. The highest BCUT2D eigenvalue weighted by molar-refractivity contribution is 5.78. The Hall–Kier alpha value is -2.57. The molecule has 0 saturated heterocycles. The Morgan fingerprint density at radius 2 is 2.15 bits per heavy atom. The first kappa shape index (κ1) is 27.7. The molecule has 2 rings (SSSR count). The van der Waals surface area contributed by atoms with Crippen LogP contribution in [0, 0.1) is 5.92 Å². The molecular formula is C28H44N4O2. The quantitative estimate of drug-likeness (QED) is 0.329. The molecule has 1 aliphatic rings. The third-order valence-corrected chi connectivity index (χ3v) is 5.88. The van der Waals surface area contributed by atoms with Crippen molar-refractivity contribution < 1.29 is 9.53 Å². The smallest absolute Gasteiger partial charge is 0.236 e. The molecule has 1 aliphatic heterocycles. The van der Waals surface area contributed by atoms with Gasteiger partial charge in [-0.05, 0) is 42.7 Å². The number of amides is 1. The van der Waals surface area contributed by atoms with Crippen molar-refractivity contribution in [1.29, 1.82) is 0 Å². The predicted octanol–water partition coefficient (Wildman–Crippen LogP) is 4.10. The van der Waals surface area contributed by atoms with Crippen LogP contribution in [-0.4, -0.2) is 75.2 Å². The third-order valence-electron chi connectivity index (χ3n) is 5.88. The lowest BCUT2D eigenvalue weighted by Gasteiger charge is -2.29. The maximum Gasteiger partial charge on any atom is 0.236 e. The van der Waals surface area contributed by atoms with Crippen molar-refractivity contribution in [3.63, 3.8) is 0 Å². The number of carbonyl (C=O) groups is 1. The van der Waals surface area contributed by atoms with Crippen LogP contribution in [0.4, 0.5) is 5.69 Å². The molecule has 0 unspecified atom stereocenters. The average molecular weight is 469 g/mol. The van der Waals surface area contributed by atoms with Gasteiger partial charge in [-0.3, -0.25) is 9.69 Å². The number of fused-ring (bicyclic) bond motifs is 1. The molecule has 34 heavy (non-hydrogen) atoms. The largest absolute Gasteiger partial charge is 0.490 e. The molecular weight excluding hydrogens is 424 g/mol. The van der Waals surface area contributed by atoms with Crippen molar-refractivity contribution in [3.05, 3.63) is 60.2 Å². The Labute approximate surface area is 206 Å². The number of rotatable bonds is 14. The number of nitrogens with zero attached hydrogens (tertiary/aromatic N) is 3. The lowest BCUT2D eigenvalue weighted by Crippen LogP contribution is -2.42. The molecule has 0 spiro atoms. The van der Waals surface area contributed by atoms with Gasteiger partial charge in [0.15, 0.2) is 0 Å². The number of allylic oxidation sites excluding steroid dienone is 3. The minimum Gasteiger partial charge on any atom is -0.490 e. The van der Waals surface area contributed by atoms with Gasteiger partial charge in [0.1, 0.15) is 12.4 Å². The fraction of sp³-hybridized carbons (Fsp3) is 0.536. The van der Waals surface area contributed by atoms with Crippen molar-refractivity contribution in [2.45, 2.75) is 34.2 Å². The van der Waals surface area contributed by atoms with Crippen LogP contribution in [0.1, 0.15) is 33.3 Å². The maximum atomic E-state index is 13.1. The third kappa shape index (κ3) is 8.99. The molecule has 0 atom stereocenters. The molecule has 1 aromatic rings. The Balaban J connectivity index is 1.90. The summed E-state index contributed by atoms with van der Waals surface area (Å²) in [6.45, 7) is 19.0. The fourth-order valence-electron chi connectivity index (χ4n) is 4.09. The second-order valence-corrected chi connectivity index (χ2v) is 9.26. The summed E-state index contributed by atoms with van der Waals surface area (Å²) in [6.07, 6.45) is 8.05. The van der Waals surface area contributed by atoms with Crippen LogP contribution in [0.2, 0.25) is 0 Å². The van der Waals surface area contributed by atoms with Crippen molar-refractivity contribution in [1.82, 2.24) is 15.1 Å².